The van der Waals surface area contributed by atoms with Crippen molar-refractivity contribution in [3.05, 3.63) is 29.3 Å². The molecular formula is C6H5ClFNO. The van der Waals surface area contributed by atoms with Gasteiger partial charge in [-0.1, -0.05) is 11.6 Å². The van der Waals surface area contributed by atoms with Crippen molar-refractivity contribution in [2.24, 2.45) is 0 Å². The summed E-state index contributed by atoms with van der Waals surface area (Å²) in [5, 5.41) is 0.111. The number of hydrogen-bond acceptors (Lipinski definition) is 2. The van der Waals surface area contributed by atoms with Crippen molar-refractivity contribution in [1.82, 2.24) is 4.98 Å². The van der Waals surface area contributed by atoms with Gasteiger partial charge in [0.2, 0.25) is 0 Å². The van der Waals surface area contributed by atoms with Crippen molar-refractivity contribution in [2.75, 3.05) is 0 Å². The van der Waals surface area contributed by atoms with E-state index in [-0.39, 0.29) is 5.02 Å². The molecule has 1 rings (SSSR count). The Kier molecular flexibility index (Phi) is 4.41. The molecule has 0 amide bonds. The quantitative estimate of drug-likeness (QED) is 0.580. The maximum atomic E-state index is 12.1. The number of aromatic nitrogens is 1. The Morgan fingerprint density at radius 2 is 2.20 bits per heavy atom. The Hall–Kier alpha value is -0.960. The van der Waals surface area contributed by atoms with E-state index in [0.717, 1.165) is 6.20 Å². The third kappa shape index (κ3) is 2.55. The average molecular weight is 162 g/mol. The fourth-order valence-corrected chi connectivity index (χ4v) is 0.463. The topological polar surface area (TPSA) is 30.0 Å². The molecule has 54 valence electrons. The Labute approximate surface area is 62.7 Å². The zero-order valence-electron chi connectivity index (χ0n) is 5.05. The van der Waals surface area contributed by atoms with Gasteiger partial charge in [-0.3, -0.25) is 4.98 Å². The van der Waals surface area contributed by atoms with Gasteiger partial charge in [-0.25, -0.2) is 4.39 Å². The summed E-state index contributed by atoms with van der Waals surface area (Å²) in [7, 11) is 0. The molecule has 0 unspecified atom stereocenters. The summed E-state index contributed by atoms with van der Waals surface area (Å²) in [6.45, 7) is 2.00. The Balaban J connectivity index is 0.000000371. The van der Waals surface area contributed by atoms with Crippen molar-refractivity contribution in [1.29, 1.82) is 0 Å². The van der Waals surface area contributed by atoms with E-state index >= 15 is 0 Å². The Bertz CT molecular complexity index is 186. The van der Waals surface area contributed by atoms with Crippen LogP contribution in [-0.4, -0.2) is 11.8 Å². The van der Waals surface area contributed by atoms with Gasteiger partial charge in [0.1, 0.15) is 6.79 Å². The number of hydrogen-bond donors (Lipinski definition) is 0. The summed E-state index contributed by atoms with van der Waals surface area (Å²) >= 11 is 5.29. The van der Waals surface area contributed by atoms with Gasteiger partial charge in [-0.05, 0) is 6.07 Å². The van der Waals surface area contributed by atoms with Gasteiger partial charge in [0, 0.05) is 6.20 Å². The molecule has 1 aromatic rings. The Morgan fingerprint density at radius 1 is 1.60 bits per heavy atom. The van der Waals surface area contributed by atoms with Crippen LogP contribution in [0.1, 0.15) is 0 Å². The molecule has 10 heavy (non-hydrogen) atoms. The fourth-order valence-electron chi connectivity index (χ4n) is 0.358. The lowest BCUT2D eigenvalue weighted by Gasteiger charge is -1.86. The lowest BCUT2D eigenvalue weighted by atomic mass is 10.5. The van der Waals surface area contributed by atoms with E-state index in [1.54, 1.807) is 0 Å². The maximum absolute atomic E-state index is 12.1. The number of carbonyl (C=O) groups excluding carboxylic acids is 1. The van der Waals surface area contributed by atoms with Gasteiger partial charge in [0.15, 0.2) is 5.82 Å². The number of carbonyl (C=O) groups is 1. The molecule has 0 aliphatic rings. The zero-order chi connectivity index (χ0) is 7.98. The van der Waals surface area contributed by atoms with E-state index in [4.69, 9.17) is 16.4 Å². The summed E-state index contributed by atoms with van der Waals surface area (Å²) in [5.74, 6) is -0.478. The molecule has 0 atom stereocenters. The van der Waals surface area contributed by atoms with Crippen molar-refractivity contribution in [3.8, 4) is 0 Å². The van der Waals surface area contributed by atoms with Gasteiger partial charge in [0.25, 0.3) is 0 Å². The highest BCUT2D eigenvalue weighted by Gasteiger charge is 1.92. The second-order valence-electron chi connectivity index (χ2n) is 1.29. The first kappa shape index (κ1) is 9.04. The van der Waals surface area contributed by atoms with Gasteiger partial charge >= 0.3 is 0 Å². The molecule has 1 heterocycles. The molecule has 0 fully saturated rings. The summed E-state index contributed by atoms with van der Waals surface area (Å²) in [5.41, 5.74) is 0. The molecule has 1 aromatic heterocycles. The zero-order valence-corrected chi connectivity index (χ0v) is 5.81. The number of nitrogens with zero attached hydrogens (tertiary/aromatic N) is 1. The smallest absolute Gasteiger partial charge is 0.160 e. The van der Waals surface area contributed by atoms with E-state index in [0.29, 0.717) is 0 Å². The molecule has 2 nitrogen and oxygen atoms in total. The molecule has 4 heteroatoms. The molecule has 0 spiro atoms. The molecule has 0 aliphatic carbocycles. The molecule has 0 saturated heterocycles. The van der Waals surface area contributed by atoms with Crippen molar-refractivity contribution < 1.29 is 9.18 Å². The van der Waals surface area contributed by atoms with E-state index in [1.165, 1.54) is 12.3 Å². The first-order valence-electron chi connectivity index (χ1n) is 2.34. The van der Waals surface area contributed by atoms with Crippen LogP contribution in [0.5, 0.6) is 0 Å². The number of halogens is 2. The summed E-state index contributed by atoms with van der Waals surface area (Å²) in [4.78, 5) is 11.5. The van der Waals surface area contributed by atoms with E-state index in [9.17, 15) is 4.39 Å². The van der Waals surface area contributed by atoms with Crippen LogP contribution in [0.3, 0.4) is 0 Å². The van der Waals surface area contributed by atoms with Gasteiger partial charge in [-0.15, -0.1) is 0 Å². The minimum atomic E-state index is -0.478. The molecule has 0 aromatic carbocycles. The summed E-state index contributed by atoms with van der Waals surface area (Å²) in [6.07, 6.45) is 2.51. The van der Waals surface area contributed by atoms with Crippen molar-refractivity contribution in [2.45, 2.75) is 0 Å². The summed E-state index contributed by atoms with van der Waals surface area (Å²) < 4.78 is 12.1. The molecular weight excluding hydrogens is 157 g/mol. The molecule has 0 saturated carbocycles. The van der Waals surface area contributed by atoms with Gasteiger partial charge in [-0.2, -0.15) is 0 Å². The highest BCUT2D eigenvalue weighted by Crippen LogP contribution is 2.09. The predicted octanol–water partition coefficient (Wildman–Crippen LogP) is 1.69. The first-order chi connectivity index (χ1) is 4.80. The minimum Gasteiger partial charge on any atom is -0.307 e. The highest BCUT2D eigenvalue weighted by molar-refractivity contribution is 6.30. The van der Waals surface area contributed by atoms with Crippen LogP contribution >= 0.6 is 11.6 Å². The third-order valence-corrected chi connectivity index (χ3v) is 1.03. The van der Waals surface area contributed by atoms with Crippen LogP contribution in [0.25, 0.3) is 0 Å². The molecule has 0 bridgehead atoms. The molecule has 0 aliphatic heterocycles. The third-order valence-electron chi connectivity index (χ3n) is 0.723. The minimum absolute atomic E-state index is 0.111. The lowest BCUT2D eigenvalue weighted by Crippen LogP contribution is -1.75. The van der Waals surface area contributed by atoms with Crippen LogP contribution in [0, 0.1) is 5.82 Å². The van der Waals surface area contributed by atoms with E-state index < -0.39 is 5.82 Å². The maximum Gasteiger partial charge on any atom is 0.160 e. The lowest BCUT2D eigenvalue weighted by molar-refractivity contribution is -0.0979. The number of pyridine rings is 1. The molecule has 0 radical (unpaired) electrons. The predicted molar refractivity (Wildman–Crippen MR) is 36.3 cm³/mol. The average Bonchev–Trinajstić information content (AvgIpc) is 2.00. The molecule has 0 N–H and O–H groups in total. The second kappa shape index (κ2) is 4.88. The van der Waals surface area contributed by atoms with Crippen molar-refractivity contribution in [3.63, 3.8) is 0 Å². The van der Waals surface area contributed by atoms with E-state index in [2.05, 4.69) is 4.98 Å². The summed E-state index contributed by atoms with van der Waals surface area (Å²) in [6, 6.07) is 1.40. The van der Waals surface area contributed by atoms with E-state index in [1.807, 2.05) is 6.79 Å². The van der Waals surface area contributed by atoms with Gasteiger partial charge < -0.3 is 4.79 Å². The van der Waals surface area contributed by atoms with Gasteiger partial charge in [0.05, 0.1) is 11.2 Å². The van der Waals surface area contributed by atoms with Crippen LogP contribution in [-0.2, 0) is 4.79 Å². The largest absolute Gasteiger partial charge is 0.307 e. The van der Waals surface area contributed by atoms with Crippen LogP contribution < -0.4 is 0 Å². The normalized spacial score (nSPS) is 7.80. The Morgan fingerprint density at radius 3 is 2.50 bits per heavy atom. The highest BCUT2D eigenvalue weighted by atomic mass is 35.5. The van der Waals surface area contributed by atoms with Crippen LogP contribution in [0.15, 0.2) is 18.5 Å². The fraction of sp³-hybridized carbons (Fsp3) is 0. The monoisotopic (exact) mass is 161 g/mol. The SMILES string of the molecule is C=O.Fc1cnccc1Cl. The van der Waals surface area contributed by atoms with Crippen molar-refractivity contribution >= 4 is 18.4 Å². The standard InChI is InChI=1S/C5H3ClFN.CH2O/c6-4-1-2-8-3-5(4)7;1-2/h1-3H;1H2. The van der Waals surface area contributed by atoms with Crippen LogP contribution in [0.2, 0.25) is 5.02 Å². The number of rotatable bonds is 0. The second-order valence-corrected chi connectivity index (χ2v) is 1.70. The van der Waals surface area contributed by atoms with Crippen LogP contribution in [0.4, 0.5) is 4.39 Å². The first-order valence-corrected chi connectivity index (χ1v) is 2.72.